The van der Waals surface area contributed by atoms with Gasteiger partial charge in [0.2, 0.25) is 0 Å². The zero-order valence-electron chi connectivity index (χ0n) is 18.4. The number of rotatable bonds is 4. The van der Waals surface area contributed by atoms with Gasteiger partial charge in [-0.2, -0.15) is 35.9 Å². The van der Waals surface area contributed by atoms with Crippen LogP contribution in [0.2, 0.25) is 0 Å². The molecule has 3 aromatic carbocycles. The number of para-hydroxylation sites is 1. The van der Waals surface area contributed by atoms with Gasteiger partial charge in [0, 0.05) is 49.5 Å². The van der Waals surface area contributed by atoms with Crippen LogP contribution in [0.1, 0.15) is 29.5 Å². The Morgan fingerprint density at radius 2 is 1.75 bits per heavy atom. The van der Waals surface area contributed by atoms with Crippen molar-refractivity contribution < 1.29 is 42.0 Å². The fourth-order valence-electron chi connectivity index (χ4n) is 5.23. The molecule has 1 saturated heterocycles. The molecule has 2 N–H and O–H groups in total. The summed E-state index contributed by atoms with van der Waals surface area (Å²) in [5.74, 6) is 0.762. The molecule has 2 aliphatic rings. The van der Waals surface area contributed by atoms with Crippen molar-refractivity contribution in [2.45, 2.75) is 32.4 Å². The molecule has 0 atom stereocenters. The summed E-state index contributed by atoms with van der Waals surface area (Å²) in [4.78, 5) is 12.5. The van der Waals surface area contributed by atoms with Gasteiger partial charge in [0.05, 0.1) is 18.8 Å². The van der Waals surface area contributed by atoms with Crippen molar-refractivity contribution in [1.29, 1.82) is 0 Å². The summed E-state index contributed by atoms with van der Waals surface area (Å²) in [6, 6.07) is 27.3. The van der Waals surface area contributed by atoms with Gasteiger partial charge in [0.25, 0.3) is 0 Å². The van der Waals surface area contributed by atoms with Crippen LogP contribution in [0.25, 0.3) is 0 Å². The van der Waals surface area contributed by atoms with Crippen LogP contribution in [0, 0.1) is 12.0 Å². The summed E-state index contributed by atoms with van der Waals surface area (Å²) in [5, 5.41) is 6.01. The maximum atomic E-state index is 12.5. The van der Waals surface area contributed by atoms with Crippen molar-refractivity contribution >= 4 is 17.4 Å². The van der Waals surface area contributed by atoms with Gasteiger partial charge in [-0.3, -0.25) is 0 Å². The van der Waals surface area contributed by atoms with Crippen molar-refractivity contribution in [3.63, 3.8) is 0 Å². The minimum Gasteiger partial charge on any atom is -0.316 e. The van der Waals surface area contributed by atoms with E-state index in [0.29, 0.717) is 0 Å². The Bertz CT molecular complexity index is 1050. The predicted molar refractivity (Wildman–Crippen MR) is 125 cm³/mol. The number of benzene rings is 3. The van der Waals surface area contributed by atoms with E-state index >= 15 is 0 Å². The first-order chi connectivity index (χ1) is 15.2. The minimum absolute atomic E-state index is 0. The molecular weight excluding hydrogens is 471 g/mol. The topological polar surface area (TPSA) is 41.1 Å². The Morgan fingerprint density at radius 1 is 0.938 bits per heavy atom. The summed E-state index contributed by atoms with van der Waals surface area (Å²) in [6.07, 6.45) is 3.69. The number of carbonyl (C=O) groups is 1. The van der Waals surface area contributed by atoms with Gasteiger partial charge in [-0.1, -0.05) is 36.8 Å². The second kappa shape index (κ2) is 10.3. The molecule has 2 aliphatic heterocycles. The first-order valence-electron chi connectivity index (χ1n) is 11.2. The van der Waals surface area contributed by atoms with Crippen molar-refractivity contribution in [3.8, 4) is 0 Å². The van der Waals surface area contributed by atoms with Crippen LogP contribution < -0.4 is 10.6 Å². The summed E-state index contributed by atoms with van der Waals surface area (Å²) in [6.45, 7) is 4.52. The van der Waals surface area contributed by atoms with E-state index in [0.717, 1.165) is 41.3 Å². The monoisotopic (exact) mass is 500 g/mol. The molecule has 0 aromatic heterocycles. The number of nitrogens with zero attached hydrogens (tertiary/aromatic N) is 1. The molecule has 1 spiro atoms. The summed E-state index contributed by atoms with van der Waals surface area (Å²) >= 11 is 0. The Labute approximate surface area is 215 Å². The standard InChI is InChI=1S/C27H29N3O.Y/c31-27(28-24-11-5-2-6-12-24)29-26-13-7-10-23-19-30(20-25(23)26)16-14-22(15-17-30)18-21-8-3-1-4-9-21;/h1-3,5-13,22H,14-20H2,(H2,28,29,31);. The second-order valence-corrected chi connectivity index (χ2v) is 9.05. The van der Waals surface area contributed by atoms with Crippen LogP contribution in [-0.4, -0.2) is 23.6 Å². The van der Waals surface area contributed by atoms with E-state index in [1.54, 1.807) is 0 Å². The van der Waals surface area contributed by atoms with E-state index in [9.17, 15) is 4.79 Å². The van der Waals surface area contributed by atoms with Crippen LogP contribution in [0.3, 0.4) is 0 Å². The molecule has 4 nitrogen and oxygen atoms in total. The first-order valence-corrected chi connectivity index (χ1v) is 11.2. The number of quaternary nitrogens is 1. The number of carbonyl (C=O) groups excluding carboxylic acids is 1. The van der Waals surface area contributed by atoms with Gasteiger partial charge in [-0.05, 0) is 37.0 Å². The van der Waals surface area contributed by atoms with E-state index in [4.69, 9.17) is 0 Å². The molecule has 2 heterocycles. The average molecular weight is 500 g/mol. The Morgan fingerprint density at radius 3 is 2.50 bits per heavy atom. The molecule has 0 bridgehead atoms. The van der Waals surface area contributed by atoms with Gasteiger partial charge in [0.1, 0.15) is 13.1 Å². The van der Waals surface area contributed by atoms with Gasteiger partial charge in [0.15, 0.2) is 0 Å². The fraction of sp³-hybridized carbons (Fsp3) is 0.296. The van der Waals surface area contributed by atoms with E-state index in [1.807, 2.05) is 42.5 Å². The fourth-order valence-corrected chi connectivity index (χ4v) is 5.23. The largest absolute Gasteiger partial charge is 0.323 e. The maximum absolute atomic E-state index is 12.5. The van der Waals surface area contributed by atoms with E-state index < -0.39 is 0 Å². The van der Waals surface area contributed by atoms with E-state index in [1.165, 1.54) is 42.6 Å². The van der Waals surface area contributed by atoms with Crippen molar-refractivity contribution in [3.05, 3.63) is 95.6 Å². The average Bonchev–Trinajstić information content (AvgIpc) is 3.16. The molecule has 161 valence electrons. The Hall–Kier alpha value is -2.01. The molecule has 5 heteroatoms. The van der Waals surface area contributed by atoms with Crippen LogP contribution >= 0.6 is 0 Å². The third-order valence-corrected chi connectivity index (χ3v) is 6.87. The quantitative estimate of drug-likeness (QED) is 0.355. The summed E-state index contributed by atoms with van der Waals surface area (Å²) in [7, 11) is 0. The number of piperidine rings is 1. The van der Waals surface area contributed by atoms with Crippen molar-refractivity contribution in [2.75, 3.05) is 23.7 Å². The third-order valence-electron chi connectivity index (χ3n) is 6.87. The second-order valence-electron chi connectivity index (χ2n) is 9.05. The third kappa shape index (κ3) is 5.31. The minimum atomic E-state index is -0.184. The smallest absolute Gasteiger partial charge is 0.316 e. The van der Waals surface area contributed by atoms with Gasteiger partial charge >= 0.3 is 6.03 Å². The molecule has 0 unspecified atom stereocenters. The normalized spacial score (nSPS) is 21.4. The number of amides is 2. The van der Waals surface area contributed by atoms with E-state index in [2.05, 4.69) is 47.0 Å². The zero-order chi connectivity index (χ0) is 21.1. The molecule has 3 aromatic rings. The molecule has 1 radical (unpaired) electrons. The SMILES string of the molecule is O=C(Nc1ccccc1)Nc1cccc2c1C[N+]1(CCC(Cc3c[c-]ccc3)CC1)C2.[Y]. The Kier molecular flexibility index (Phi) is 7.45. The van der Waals surface area contributed by atoms with Crippen LogP contribution in [0.5, 0.6) is 0 Å². The molecule has 1 fully saturated rings. The Balaban J connectivity index is 0.00000245. The number of hydrogen-bond acceptors (Lipinski definition) is 1. The molecule has 0 saturated carbocycles. The van der Waals surface area contributed by atoms with E-state index in [-0.39, 0.29) is 38.7 Å². The van der Waals surface area contributed by atoms with Crippen molar-refractivity contribution in [2.24, 2.45) is 5.92 Å². The predicted octanol–water partition coefficient (Wildman–Crippen LogP) is 5.61. The molecule has 5 rings (SSSR count). The van der Waals surface area contributed by atoms with Gasteiger partial charge in [-0.15, -0.1) is 0 Å². The van der Waals surface area contributed by atoms with Crippen LogP contribution in [0.15, 0.2) is 72.8 Å². The van der Waals surface area contributed by atoms with Crippen LogP contribution in [0.4, 0.5) is 16.2 Å². The number of nitrogens with one attached hydrogen (secondary N) is 2. The van der Waals surface area contributed by atoms with Gasteiger partial charge < -0.3 is 15.1 Å². The zero-order valence-corrected chi connectivity index (χ0v) is 21.2. The first kappa shape index (κ1) is 23.2. The maximum Gasteiger partial charge on any atom is 0.323 e. The van der Waals surface area contributed by atoms with Gasteiger partial charge in [-0.25, -0.2) is 4.79 Å². The molecular formula is C27H29N3OY. The number of anilines is 2. The van der Waals surface area contributed by atoms with Crippen LogP contribution in [-0.2, 0) is 52.2 Å². The number of urea groups is 1. The summed E-state index contributed by atoms with van der Waals surface area (Å²) in [5.41, 5.74) is 5.84. The molecule has 0 aliphatic carbocycles. The number of hydrogen-bond donors (Lipinski definition) is 2. The molecule has 32 heavy (non-hydrogen) atoms. The number of fused-ring (bicyclic) bond motifs is 1. The summed E-state index contributed by atoms with van der Waals surface area (Å²) < 4.78 is 1.13. The van der Waals surface area contributed by atoms with Crippen molar-refractivity contribution in [1.82, 2.24) is 0 Å². The molecule has 2 amide bonds.